The molecule has 2 heterocycles. The maximum absolute atomic E-state index is 12.3. The van der Waals surface area contributed by atoms with Crippen molar-refractivity contribution in [2.45, 2.75) is 26.9 Å². The first-order valence-corrected chi connectivity index (χ1v) is 5.72. The molecule has 0 aromatic carbocycles. The average molecular weight is 247 g/mol. The topological polar surface area (TPSA) is 12.9 Å². The van der Waals surface area contributed by atoms with Gasteiger partial charge in [-0.3, -0.25) is 4.98 Å². The molecule has 0 N–H and O–H groups in total. The highest BCUT2D eigenvalue weighted by molar-refractivity contribution is 7.19. The first kappa shape index (κ1) is 13.0. The van der Waals surface area contributed by atoms with Crippen LogP contribution >= 0.6 is 11.3 Å². The van der Waals surface area contributed by atoms with Crippen molar-refractivity contribution >= 4 is 21.4 Å². The van der Waals surface area contributed by atoms with Gasteiger partial charge >= 0.3 is 6.18 Å². The number of aromatic nitrogens is 1. The zero-order valence-electron chi connectivity index (χ0n) is 9.22. The third kappa shape index (κ3) is 2.72. The van der Waals surface area contributed by atoms with Gasteiger partial charge in [0.05, 0.1) is 0 Å². The van der Waals surface area contributed by atoms with Crippen LogP contribution in [0.25, 0.3) is 10.1 Å². The second-order valence-corrected chi connectivity index (χ2v) is 4.25. The van der Waals surface area contributed by atoms with E-state index in [1.54, 1.807) is 0 Å². The number of hydrogen-bond acceptors (Lipinski definition) is 2. The molecule has 2 rings (SSSR count). The van der Waals surface area contributed by atoms with Crippen LogP contribution in [0.3, 0.4) is 0 Å². The zero-order valence-corrected chi connectivity index (χ0v) is 10.0. The van der Waals surface area contributed by atoms with Crippen LogP contribution in [0.4, 0.5) is 13.2 Å². The normalized spacial score (nSPS) is 11.1. The molecule has 0 saturated heterocycles. The molecule has 5 heteroatoms. The molecule has 0 amide bonds. The third-order valence-electron chi connectivity index (χ3n) is 1.82. The lowest BCUT2D eigenvalue weighted by molar-refractivity contribution is -0.141. The maximum atomic E-state index is 12.3. The largest absolute Gasteiger partial charge is 0.433 e. The van der Waals surface area contributed by atoms with Gasteiger partial charge < -0.3 is 0 Å². The van der Waals surface area contributed by atoms with E-state index in [2.05, 4.69) is 4.98 Å². The second-order valence-electron chi connectivity index (χ2n) is 2.96. The minimum absolute atomic E-state index is 0.629. The van der Waals surface area contributed by atoms with E-state index in [0.29, 0.717) is 4.70 Å². The van der Waals surface area contributed by atoms with Crippen molar-refractivity contribution in [3.8, 4) is 0 Å². The summed E-state index contributed by atoms with van der Waals surface area (Å²) in [5.74, 6) is 0. The van der Waals surface area contributed by atoms with Crippen LogP contribution in [0.15, 0.2) is 18.3 Å². The van der Waals surface area contributed by atoms with Gasteiger partial charge in [0.15, 0.2) is 0 Å². The van der Waals surface area contributed by atoms with Gasteiger partial charge in [0, 0.05) is 21.2 Å². The van der Waals surface area contributed by atoms with Crippen molar-refractivity contribution < 1.29 is 13.2 Å². The molecule has 0 atom stereocenters. The SMILES string of the molecule is CC.Cc1cc2cnc(C(F)(F)F)cc2s1. The van der Waals surface area contributed by atoms with Gasteiger partial charge in [0.1, 0.15) is 5.69 Å². The molecular formula is C11H12F3NS. The fourth-order valence-corrected chi connectivity index (χ4v) is 2.15. The molecule has 16 heavy (non-hydrogen) atoms. The monoisotopic (exact) mass is 247 g/mol. The summed E-state index contributed by atoms with van der Waals surface area (Å²) in [5.41, 5.74) is -0.827. The van der Waals surface area contributed by atoms with Gasteiger partial charge in [-0.2, -0.15) is 13.2 Å². The van der Waals surface area contributed by atoms with Crippen LogP contribution < -0.4 is 0 Å². The summed E-state index contributed by atoms with van der Waals surface area (Å²) in [7, 11) is 0. The average Bonchev–Trinajstić information content (AvgIpc) is 2.58. The van der Waals surface area contributed by atoms with Gasteiger partial charge in [-0.1, -0.05) is 13.8 Å². The standard InChI is InChI=1S/C9H6F3NS.C2H6/c1-5-2-6-4-13-8(9(10,11)12)3-7(6)14-5;1-2/h2-4H,1H3;1-2H3. The van der Waals surface area contributed by atoms with Crippen LogP contribution in [-0.2, 0) is 6.18 Å². The Hall–Kier alpha value is -1.10. The number of halogens is 3. The smallest absolute Gasteiger partial charge is 0.251 e. The summed E-state index contributed by atoms with van der Waals surface area (Å²) in [6.45, 7) is 5.86. The van der Waals surface area contributed by atoms with E-state index in [1.165, 1.54) is 17.5 Å². The quantitative estimate of drug-likeness (QED) is 0.660. The summed E-state index contributed by atoms with van der Waals surface area (Å²) >= 11 is 1.34. The Balaban J connectivity index is 0.000000606. The lowest BCUT2D eigenvalue weighted by Gasteiger charge is -2.04. The Morgan fingerprint density at radius 1 is 1.19 bits per heavy atom. The molecular weight excluding hydrogens is 235 g/mol. The van der Waals surface area contributed by atoms with Crippen LogP contribution in [0, 0.1) is 6.92 Å². The van der Waals surface area contributed by atoms with Gasteiger partial charge in [-0.05, 0) is 19.1 Å². The van der Waals surface area contributed by atoms with Crippen molar-refractivity contribution in [3.63, 3.8) is 0 Å². The van der Waals surface area contributed by atoms with E-state index in [9.17, 15) is 13.2 Å². The van der Waals surface area contributed by atoms with E-state index < -0.39 is 11.9 Å². The summed E-state index contributed by atoms with van der Waals surface area (Å²) in [6, 6.07) is 2.92. The molecule has 0 unspecified atom stereocenters. The molecule has 0 fully saturated rings. The van der Waals surface area contributed by atoms with E-state index in [1.807, 2.05) is 26.8 Å². The van der Waals surface area contributed by atoms with Crippen LogP contribution in [0.2, 0.25) is 0 Å². The highest BCUT2D eigenvalue weighted by atomic mass is 32.1. The number of aryl methyl sites for hydroxylation is 1. The van der Waals surface area contributed by atoms with Gasteiger partial charge in [0.2, 0.25) is 0 Å². The number of alkyl halides is 3. The number of nitrogens with zero attached hydrogens (tertiary/aromatic N) is 1. The number of pyridine rings is 1. The number of rotatable bonds is 0. The van der Waals surface area contributed by atoms with E-state index in [-0.39, 0.29) is 0 Å². The number of thiophene rings is 1. The van der Waals surface area contributed by atoms with Crippen LogP contribution in [0.1, 0.15) is 24.4 Å². The molecule has 0 radical (unpaired) electrons. The molecule has 0 spiro atoms. The van der Waals surface area contributed by atoms with Crippen molar-refractivity contribution in [2.75, 3.05) is 0 Å². The van der Waals surface area contributed by atoms with Crippen LogP contribution in [-0.4, -0.2) is 4.98 Å². The highest BCUT2D eigenvalue weighted by Gasteiger charge is 2.32. The third-order valence-corrected chi connectivity index (χ3v) is 2.83. The number of fused-ring (bicyclic) bond motifs is 1. The van der Waals surface area contributed by atoms with Gasteiger partial charge in [-0.25, -0.2) is 0 Å². The first-order valence-electron chi connectivity index (χ1n) is 4.90. The second kappa shape index (κ2) is 4.82. The lowest BCUT2D eigenvalue weighted by Crippen LogP contribution is -2.06. The Morgan fingerprint density at radius 3 is 2.38 bits per heavy atom. The Morgan fingerprint density at radius 2 is 1.81 bits per heavy atom. The Kier molecular flexibility index (Phi) is 3.91. The van der Waals surface area contributed by atoms with Crippen molar-refractivity contribution in [1.82, 2.24) is 4.98 Å². The minimum atomic E-state index is -4.36. The van der Waals surface area contributed by atoms with Crippen molar-refractivity contribution in [2.24, 2.45) is 0 Å². The molecule has 0 aliphatic heterocycles. The summed E-state index contributed by atoms with van der Waals surface area (Å²) < 4.78 is 37.4. The molecule has 1 nitrogen and oxygen atoms in total. The predicted octanol–water partition coefficient (Wildman–Crippen LogP) is 4.65. The first-order chi connectivity index (χ1) is 7.47. The minimum Gasteiger partial charge on any atom is -0.251 e. The molecule has 2 aromatic heterocycles. The molecule has 0 aliphatic carbocycles. The maximum Gasteiger partial charge on any atom is 0.433 e. The van der Waals surface area contributed by atoms with E-state index in [0.717, 1.165) is 16.3 Å². The van der Waals surface area contributed by atoms with Gasteiger partial charge in [0.25, 0.3) is 0 Å². The molecule has 0 saturated carbocycles. The van der Waals surface area contributed by atoms with E-state index >= 15 is 0 Å². The number of hydrogen-bond donors (Lipinski definition) is 0. The molecule has 0 aliphatic rings. The van der Waals surface area contributed by atoms with Crippen molar-refractivity contribution in [3.05, 3.63) is 28.9 Å². The van der Waals surface area contributed by atoms with Crippen molar-refractivity contribution in [1.29, 1.82) is 0 Å². The molecule has 2 aromatic rings. The summed E-state index contributed by atoms with van der Waals surface area (Å²) in [4.78, 5) is 4.36. The summed E-state index contributed by atoms with van der Waals surface area (Å²) in [5, 5.41) is 0.764. The highest BCUT2D eigenvalue weighted by Crippen LogP contribution is 2.32. The lowest BCUT2D eigenvalue weighted by atomic mass is 10.3. The fraction of sp³-hybridized carbons (Fsp3) is 0.364. The molecule has 0 bridgehead atoms. The Labute approximate surface area is 95.9 Å². The van der Waals surface area contributed by atoms with Crippen LogP contribution in [0.5, 0.6) is 0 Å². The van der Waals surface area contributed by atoms with Gasteiger partial charge in [-0.15, -0.1) is 11.3 Å². The Bertz CT molecular complexity index is 474. The van der Waals surface area contributed by atoms with E-state index in [4.69, 9.17) is 0 Å². The summed E-state index contributed by atoms with van der Waals surface area (Å²) in [6.07, 6.45) is -3.09. The molecule has 88 valence electrons. The predicted molar refractivity (Wildman–Crippen MR) is 60.7 cm³/mol. The fourth-order valence-electron chi connectivity index (χ4n) is 1.22. The zero-order chi connectivity index (χ0) is 12.3.